The minimum Gasteiger partial charge on any atom is -0.493 e. The number of aryl methyl sites for hydroxylation is 1. The lowest BCUT2D eigenvalue weighted by Crippen LogP contribution is -2.38. The largest absolute Gasteiger partial charge is 0.493 e. The van der Waals surface area contributed by atoms with Crippen molar-refractivity contribution in [1.82, 2.24) is 29.2 Å². The van der Waals surface area contributed by atoms with Crippen LogP contribution in [0.4, 0.5) is 17.6 Å². The summed E-state index contributed by atoms with van der Waals surface area (Å²) in [5, 5.41) is 15.1. The fourth-order valence-electron chi connectivity index (χ4n) is 5.10. The van der Waals surface area contributed by atoms with E-state index < -0.39 is 58.1 Å². The molecule has 40 heavy (non-hydrogen) atoms. The van der Waals surface area contributed by atoms with Crippen LogP contribution in [0.5, 0.6) is 5.88 Å². The van der Waals surface area contributed by atoms with Crippen LogP contribution in [-0.4, -0.2) is 53.3 Å². The van der Waals surface area contributed by atoms with E-state index in [9.17, 15) is 32.3 Å². The zero-order valence-corrected chi connectivity index (χ0v) is 21.5. The van der Waals surface area contributed by atoms with E-state index in [0.717, 1.165) is 22.9 Å². The lowest BCUT2D eigenvalue weighted by Gasteiger charge is -2.24. The average Bonchev–Trinajstić information content (AvgIpc) is 3.54. The van der Waals surface area contributed by atoms with Crippen molar-refractivity contribution in [1.29, 1.82) is 0 Å². The average molecular weight is 557 g/mol. The van der Waals surface area contributed by atoms with E-state index in [4.69, 9.17) is 0 Å². The second kappa shape index (κ2) is 10.5. The standard InChI is InChI=1S/C27H24F4N6O3/c1-3-21(15-8-16(28)10-17(29)9-15)37-24(20-5-6-35(2)34-20)33-25(38)22(27(37)40)26(39)36-7-4-14(13-36)23-19(31)11-18(30)12-32-23/h5-6,8-12,14,21,38H,3-4,7,13H2,1-2H3. The number of hydrogen-bond acceptors (Lipinski definition) is 6. The fraction of sp³-hybridized carbons (Fsp3) is 0.296. The van der Waals surface area contributed by atoms with Gasteiger partial charge in [-0.05, 0) is 36.6 Å². The molecule has 1 saturated heterocycles. The highest BCUT2D eigenvalue weighted by Gasteiger charge is 2.35. The number of benzene rings is 1. The number of nitrogens with zero attached hydrogens (tertiary/aromatic N) is 6. The van der Waals surface area contributed by atoms with E-state index in [0.29, 0.717) is 12.1 Å². The van der Waals surface area contributed by atoms with Gasteiger partial charge in [0.1, 0.15) is 29.0 Å². The van der Waals surface area contributed by atoms with Gasteiger partial charge in [0.15, 0.2) is 11.4 Å². The molecule has 1 amide bonds. The Balaban J connectivity index is 1.60. The summed E-state index contributed by atoms with van der Waals surface area (Å²) >= 11 is 0. The van der Waals surface area contributed by atoms with Crippen molar-refractivity contribution < 1.29 is 27.5 Å². The number of rotatable bonds is 6. The van der Waals surface area contributed by atoms with Crippen molar-refractivity contribution in [2.24, 2.45) is 7.05 Å². The number of amides is 1. The third kappa shape index (κ3) is 4.94. The van der Waals surface area contributed by atoms with Crippen LogP contribution in [0.2, 0.25) is 0 Å². The van der Waals surface area contributed by atoms with Gasteiger partial charge < -0.3 is 10.0 Å². The van der Waals surface area contributed by atoms with E-state index in [1.165, 1.54) is 15.6 Å². The maximum atomic E-state index is 14.3. The summed E-state index contributed by atoms with van der Waals surface area (Å²) in [6.07, 6.45) is 2.92. The molecule has 0 saturated carbocycles. The van der Waals surface area contributed by atoms with Crippen molar-refractivity contribution >= 4 is 5.91 Å². The van der Waals surface area contributed by atoms with Gasteiger partial charge in [0.2, 0.25) is 5.88 Å². The third-order valence-electron chi connectivity index (χ3n) is 6.92. The minimum absolute atomic E-state index is 0.0128. The van der Waals surface area contributed by atoms with Gasteiger partial charge in [-0.1, -0.05) is 6.92 Å². The predicted molar refractivity (Wildman–Crippen MR) is 135 cm³/mol. The molecule has 2 unspecified atom stereocenters. The van der Waals surface area contributed by atoms with Crippen LogP contribution in [0.25, 0.3) is 11.5 Å². The summed E-state index contributed by atoms with van der Waals surface area (Å²) in [6, 6.07) is 4.12. The van der Waals surface area contributed by atoms with Crippen molar-refractivity contribution in [2.45, 2.75) is 31.7 Å². The smallest absolute Gasteiger partial charge is 0.271 e. The predicted octanol–water partition coefficient (Wildman–Crippen LogP) is 3.93. The molecule has 0 aliphatic carbocycles. The van der Waals surface area contributed by atoms with E-state index in [1.807, 2.05) is 0 Å². The molecule has 2 atom stereocenters. The summed E-state index contributed by atoms with van der Waals surface area (Å²) in [4.78, 5) is 36.7. The lowest BCUT2D eigenvalue weighted by molar-refractivity contribution is 0.0783. The first-order valence-corrected chi connectivity index (χ1v) is 12.5. The zero-order valence-electron chi connectivity index (χ0n) is 21.5. The summed E-state index contributed by atoms with van der Waals surface area (Å²) < 4.78 is 58.5. The van der Waals surface area contributed by atoms with Gasteiger partial charge in [-0.15, -0.1) is 0 Å². The second-order valence-electron chi connectivity index (χ2n) is 9.57. The van der Waals surface area contributed by atoms with Crippen LogP contribution in [0, 0.1) is 23.3 Å². The van der Waals surface area contributed by atoms with Gasteiger partial charge >= 0.3 is 0 Å². The van der Waals surface area contributed by atoms with Gasteiger partial charge in [0.25, 0.3) is 11.5 Å². The Kier molecular flexibility index (Phi) is 7.13. The SMILES string of the molecule is CCC(c1cc(F)cc(F)c1)n1c(-c2ccn(C)n2)nc(O)c(C(=O)N2CCC(c3ncc(F)cc3F)C2)c1=O. The summed E-state index contributed by atoms with van der Waals surface area (Å²) in [7, 11) is 1.63. The number of carbonyl (C=O) groups is 1. The van der Waals surface area contributed by atoms with Crippen LogP contribution in [0.1, 0.15) is 53.3 Å². The van der Waals surface area contributed by atoms with Gasteiger partial charge in [0.05, 0.1) is 17.9 Å². The number of pyridine rings is 1. The molecule has 4 heterocycles. The zero-order chi connectivity index (χ0) is 28.7. The highest BCUT2D eigenvalue weighted by Crippen LogP contribution is 2.32. The van der Waals surface area contributed by atoms with Crippen molar-refractivity contribution in [2.75, 3.05) is 13.1 Å². The molecule has 3 aromatic heterocycles. The summed E-state index contributed by atoms with van der Waals surface area (Å²) in [5.41, 5.74) is -1.30. The maximum absolute atomic E-state index is 14.3. The van der Waals surface area contributed by atoms with Crippen LogP contribution in [0.15, 0.2) is 47.5 Å². The number of hydrogen-bond donors (Lipinski definition) is 1. The molecule has 1 aromatic carbocycles. The number of aromatic hydroxyl groups is 1. The molecular formula is C27H24F4N6O3. The molecule has 208 valence electrons. The number of aromatic nitrogens is 5. The number of likely N-dealkylation sites (tertiary alicyclic amines) is 1. The van der Waals surface area contributed by atoms with E-state index in [1.54, 1.807) is 20.2 Å². The Morgan fingerprint density at radius 1 is 1.12 bits per heavy atom. The maximum Gasteiger partial charge on any atom is 0.271 e. The second-order valence-corrected chi connectivity index (χ2v) is 9.57. The first-order chi connectivity index (χ1) is 19.1. The minimum atomic E-state index is -0.974. The molecular weight excluding hydrogens is 532 g/mol. The number of halogens is 4. The third-order valence-corrected chi connectivity index (χ3v) is 6.92. The Hall–Kier alpha value is -4.55. The number of carbonyl (C=O) groups excluding carboxylic acids is 1. The van der Waals surface area contributed by atoms with Crippen molar-refractivity contribution in [3.05, 3.63) is 93.2 Å². The first kappa shape index (κ1) is 27.0. The van der Waals surface area contributed by atoms with Gasteiger partial charge in [-0.2, -0.15) is 10.1 Å². The van der Waals surface area contributed by atoms with Crippen molar-refractivity contribution in [3.8, 4) is 17.4 Å². The van der Waals surface area contributed by atoms with Crippen LogP contribution in [0.3, 0.4) is 0 Å². The topological polar surface area (TPSA) is 106 Å². The highest BCUT2D eigenvalue weighted by molar-refractivity contribution is 5.96. The molecule has 1 fully saturated rings. The molecule has 9 nitrogen and oxygen atoms in total. The highest BCUT2D eigenvalue weighted by atomic mass is 19.1. The Morgan fingerprint density at radius 3 is 2.48 bits per heavy atom. The first-order valence-electron chi connectivity index (χ1n) is 12.5. The van der Waals surface area contributed by atoms with Gasteiger partial charge in [0, 0.05) is 44.4 Å². The Bertz CT molecular complexity index is 1650. The molecule has 0 bridgehead atoms. The molecule has 1 aliphatic rings. The Morgan fingerprint density at radius 2 is 1.85 bits per heavy atom. The molecule has 5 rings (SSSR count). The van der Waals surface area contributed by atoms with E-state index in [-0.39, 0.29) is 48.7 Å². The quantitative estimate of drug-likeness (QED) is 0.361. The summed E-state index contributed by atoms with van der Waals surface area (Å²) in [6.45, 7) is 1.75. The van der Waals surface area contributed by atoms with Crippen LogP contribution < -0.4 is 5.56 Å². The normalized spacial score (nSPS) is 15.9. The molecule has 13 heteroatoms. The molecule has 4 aromatic rings. The monoisotopic (exact) mass is 556 g/mol. The van der Waals surface area contributed by atoms with Crippen LogP contribution >= 0.6 is 0 Å². The van der Waals surface area contributed by atoms with Crippen LogP contribution in [-0.2, 0) is 7.05 Å². The van der Waals surface area contributed by atoms with Crippen molar-refractivity contribution in [3.63, 3.8) is 0 Å². The fourth-order valence-corrected chi connectivity index (χ4v) is 5.10. The summed E-state index contributed by atoms with van der Waals surface area (Å²) in [5.74, 6) is -5.76. The Labute approximate surface area is 225 Å². The lowest BCUT2D eigenvalue weighted by atomic mass is 10.0. The molecule has 0 radical (unpaired) electrons. The van der Waals surface area contributed by atoms with E-state index >= 15 is 0 Å². The van der Waals surface area contributed by atoms with Gasteiger partial charge in [-0.25, -0.2) is 17.6 Å². The van der Waals surface area contributed by atoms with Gasteiger partial charge in [-0.3, -0.25) is 23.8 Å². The molecule has 1 aliphatic heterocycles. The molecule has 1 N–H and O–H groups in total. The molecule has 0 spiro atoms. The van der Waals surface area contributed by atoms with E-state index in [2.05, 4.69) is 15.1 Å².